The number of carbonyl (C=O) groups excluding carboxylic acids is 2. The van der Waals surface area contributed by atoms with E-state index >= 15 is 0 Å². The molecule has 0 rings (SSSR count). The van der Waals surface area contributed by atoms with Gasteiger partial charge in [0.15, 0.2) is 0 Å². The molecular weight excluding hydrogens is 448 g/mol. The number of carbonyl (C=O) groups is 2. The van der Waals surface area contributed by atoms with Gasteiger partial charge in [-0.25, -0.2) is 19.4 Å². The fourth-order valence-corrected chi connectivity index (χ4v) is 4.75. The molecule has 0 aromatic heterocycles. The van der Waals surface area contributed by atoms with Gasteiger partial charge in [0.2, 0.25) is 0 Å². The van der Waals surface area contributed by atoms with Gasteiger partial charge in [-0.05, 0) is 12.8 Å². The van der Waals surface area contributed by atoms with Crippen molar-refractivity contribution >= 4 is 11.9 Å². The van der Waals surface area contributed by atoms with E-state index in [9.17, 15) is 9.59 Å². The first-order valence-electron chi connectivity index (χ1n) is 16.1. The van der Waals surface area contributed by atoms with Gasteiger partial charge in [0.25, 0.3) is 0 Å². The Kier molecular flexibility index (Phi) is 29.3. The molecule has 4 heteroatoms. The van der Waals surface area contributed by atoms with E-state index in [1.165, 1.54) is 141 Å². The van der Waals surface area contributed by atoms with Crippen LogP contribution < -0.4 is 0 Å². The molecule has 0 spiro atoms. The summed E-state index contributed by atoms with van der Waals surface area (Å²) in [7, 11) is 0. The van der Waals surface area contributed by atoms with Crippen molar-refractivity contribution in [3.05, 3.63) is 0 Å². The summed E-state index contributed by atoms with van der Waals surface area (Å²) >= 11 is 0. The molecule has 0 saturated carbocycles. The second-order valence-corrected chi connectivity index (χ2v) is 10.9. The van der Waals surface area contributed by atoms with E-state index in [0.717, 1.165) is 25.7 Å². The van der Waals surface area contributed by atoms with Crippen LogP contribution in [-0.4, -0.2) is 11.9 Å². The maximum atomic E-state index is 11.7. The smallest absolute Gasteiger partial charge is 0.247 e. The molecule has 0 atom stereocenters. The van der Waals surface area contributed by atoms with E-state index in [2.05, 4.69) is 23.6 Å². The lowest BCUT2D eigenvalue weighted by Crippen LogP contribution is -2.11. The molecule has 0 aromatic carbocycles. The first kappa shape index (κ1) is 34.9. The normalized spacial score (nSPS) is 11.1. The predicted molar refractivity (Wildman–Crippen MR) is 153 cm³/mol. The Morgan fingerprint density at radius 2 is 0.528 bits per heavy atom. The highest BCUT2D eigenvalue weighted by molar-refractivity contribution is 5.72. The van der Waals surface area contributed by atoms with Gasteiger partial charge in [0.1, 0.15) is 0 Å². The average molecular weight is 511 g/mol. The third-order valence-electron chi connectivity index (χ3n) is 7.20. The van der Waals surface area contributed by atoms with Crippen LogP contribution in [0.5, 0.6) is 0 Å². The molecule has 0 aliphatic carbocycles. The van der Waals surface area contributed by atoms with Gasteiger partial charge in [-0.2, -0.15) is 0 Å². The molecule has 0 radical (unpaired) electrons. The largest absolute Gasteiger partial charge is 0.355 e. The van der Waals surface area contributed by atoms with Crippen molar-refractivity contribution in [2.24, 2.45) is 0 Å². The van der Waals surface area contributed by atoms with Crippen LogP contribution in [0.2, 0.25) is 0 Å². The average Bonchev–Trinajstić information content (AvgIpc) is 2.88. The lowest BCUT2D eigenvalue weighted by molar-refractivity contribution is -0.259. The van der Waals surface area contributed by atoms with Crippen LogP contribution in [0.3, 0.4) is 0 Å². The molecular formula is C32H62O4. The highest BCUT2D eigenvalue weighted by atomic mass is 17.2. The second kappa shape index (κ2) is 30.2. The molecule has 0 N–H and O–H groups in total. The number of hydrogen-bond donors (Lipinski definition) is 0. The van der Waals surface area contributed by atoms with Crippen LogP contribution in [0.1, 0.15) is 194 Å². The molecule has 0 aliphatic rings. The van der Waals surface area contributed by atoms with E-state index in [1.807, 2.05) is 0 Å². The van der Waals surface area contributed by atoms with Crippen molar-refractivity contribution in [3.8, 4) is 0 Å². The van der Waals surface area contributed by atoms with Crippen LogP contribution in [0.25, 0.3) is 0 Å². The third-order valence-corrected chi connectivity index (χ3v) is 7.20. The monoisotopic (exact) mass is 510 g/mol. The molecule has 36 heavy (non-hydrogen) atoms. The molecule has 0 bridgehead atoms. The summed E-state index contributed by atoms with van der Waals surface area (Å²) in [6.45, 7) is 4.52. The van der Waals surface area contributed by atoms with Gasteiger partial charge in [-0.15, -0.1) is 0 Å². The molecule has 0 aliphatic heterocycles. The Bertz CT molecular complexity index is 463. The van der Waals surface area contributed by atoms with Gasteiger partial charge < -0.3 is 0 Å². The standard InChI is InChI=1S/C32H62O4/c1-3-5-7-9-11-13-15-16-17-18-20-22-24-26-28-30-32(34)36-35-31(33)29-27-25-23-21-19-14-12-10-8-6-4-2/h3-30H2,1-2H3. The molecule has 0 heterocycles. The van der Waals surface area contributed by atoms with Crippen molar-refractivity contribution in [2.45, 2.75) is 194 Å². The Hall–Kier alpha value is -1.06. The fraction of sp³-hybridized carbons (Fsp3) is 0.938. The molecule has 0 aromatic rings. The van der Waals surface area contributed by atoms with Gasteiger partial charge >= 0.3 is 11.9 Å². The van der Waals surface area contributed by atoms with Crippen LogP contribution in [0.4, 0.5) is 0 Å². The molecule has 214 valence electrons. The maximum absolute atomic E-state index is 11.7. The summed E-state index contributed by atoms with van der Waals surface area (Å²) < 4.78 is 0. The highest BCUT2D eigenvalue weighted by Crippen LogP contribution is 2.14. The summed E-state index contributed by atoms with van der Waals surface area (Å²) in [5.41, 5.74) is 0. The van der Waals surface area contributed by atoms with Crippen LogP contribution >= 0.6 is 0 Å². The van der Waals surface area contributed by atoms with Crippen molar-refractivity contribution in [2.75, 3.05) is 0 Å². The van der Waals surface area contributed by atoms with E-state index in [-0.39, 0.29) is 0 Å². The van der Waals surface area contributed by atoms with E-state index in [4.69, 9.17) is 0 Å². The van der Waals surface area contributed by atoms with Crippen molar-refractivity contribution < 1.29 is 19.4 Å². The summed E-state index contributed by atoms with van der Waals surface area (Å²) in [5.74, 6) is -0.840. The van der Waals surface area contributed by atoms with E-state index < -0.39 is 11.9 Å². The SMILES string of the molecule is CCCCCCCCCCCCCCCCCC(=O)OOC(=O)CCCCCCCCCCCCC. The summed E-state index contributed by atoms with van der Waals surface area (Å²) in [4.78, 5) is 32.8. The molecule has 0 unspecified atom stereocenters. The minimum Gasteiger partial charge on any atom is -0.247 e. The molecule has 0 amide bonds. The second-order valence-electron chi connectivity index (χ2n) is 10.9. The zero-order valence-electron chi connectivity index (χ0n) is 24.4. The number of unbranched alkanes of at least 4 members (excludes halogenated alkanes) is 24. The molecule has 0 saturated heterocycles. The zero-order chi connectivity index (χ0) is 26.4. The van der Waals surface area contributed by atoms with Gasteiger partial charge in [0, 0.05) is 0 Å². The van der Waals surface area contributed by atoms with Crippen molar-refractivity contribution in [1.29, 1.82) is 0 Å². The Labute approximate surface area is 225 Å². The van der Waals surface area contributed by atoms with Crippen molar-refractivity contribution in [3.63, 3.8) is 0 Å². The van der Waals surface area contributed by atoms with Crippen LogP contribution in [0, 0.1) is 0 Å². The Morgan fingerprint density at radius 1 is 0.333 bits per heavy atom. The zero-order valence-corrected chi connectivity index (χ0v) is 24.4. The topological polar surface area (TPSA) is 52.6 Å². The van der Waals surface area contributed by atoms with Crippen molar-refractivity contribution in [1.82, 2.24) is 0 Å². The Morgan fingerprint density at radius 3 is 0.750 bits per heavy atom. The number of rotatable bonds is 28. The lowest BCUT2D eigenvalue weighted by Gasteiger charge is -2.05. The Balaban J connectivity index is 3.28. The van der Waals surface area contributed by atoms with Crippen LogP contribution in [0.15, 0.2) is 0 Å². The predicted octanol–water partition coefficient (Wildman–Crippen LogP) is 11.0. The molecule has 0 fully saturated rings. The minimum absolute atomic E-state index is 0.337. The van der Waals surface area contributed by atoms with Gasteiger partial charge in [-0.1, -0.05) is 168 Å². The summed E-state index contributed by atoms with van der Waals surface area (Å²) in [6.07, 6.45) is 33.8. The highest BCUT2D eigenvalue weighted by Gasteiger charge is 2.09. The first-order chi connectivity index (χ1) is 17.7. The van der Waals surface area contributed by atoms with Gasteiger partial charge in [-0.3, -0.25) is 0 Å². The minimum atomic E-state index is -0.421. The van der Waals surface area contributed by atoms with Crippen LogP contribution in [-0.2, 0) is 19.4 Å². The fourth-order valence-electron chi connectivity index (χ4n) is 4.75. The van der Waals surface area contributed by atoms with Gasteiger partial charge in [0.05, 0.1) is 12.8 Å². The first-order valence-corrected chi connectivity index (χ1v) is 16.1. The number of hydrogen-bond acceptors (Lipinski definition) is 4. The lowest BCUT2D eigenvalue weighted by atomic mass is 10.0. The molecule has 4 nitrogen and oxygen atoms in total. The summed E-state index contributed by atoms with van der Waals surface area (Å²) in [6, 6.07) is 0. The maximum Gasteiger partial charge on any atom is 0.355 e. The van der Waals surface area contributed by atoms with E-state index in [0.29, 0.717) is 12.8 Å². The summed E-state index contributed by atoms with van der Waals surface area (Å²) in [5, 5.41) is 0. The third kappa shape index (κ3) is 29.2. The van der Waals surface area contributed by atoms with E-state index in [1.54, 1.807) is 0 Å². The quantitative estimate of drug-likeness (QED) is 0.0596.